The van der Waals surface area contributed by atoms with Gasteiger partial charge in [-0.3, -0.25) is 20.0 Å². The van der Waals surface area contributed by atoms with Crippen molar-refractivity contribution in [3.8, 4) is 0 Å². The fourth-order valence-electron chi connectivity index (χ4n) is 1.96. The summed E-state index contributed by atoms with van der Waals surface area (Å²) in [6, 6.07) is 9.46. The maximum absolute atomic E-state index is 11.9. The van der Waals surface area contributed by atoms with Crippen molar-refractivity contribution in [2.45, 2.75) is 24.9 Å². The predicted octanol–water partition coefficient (Wildman–Crippen LogP) is 2.60. The van der Waals surface area contributed by atoms with Crippen LogP contribution in [0.25, 0.3) is 0 Å². The predicted molar refractivity (Wildman–Crippen MR) is 83.7 cm³/mol. The van der Waals surface area contributed by atoms with E-state index in [0.29, 0.717) is 5.69 Å². The lowest BCUT2D eigenvalue weighted by Crippen LogP contribution is -2.28. The van der Waals surface area contributed by atoms with Gasteiger partial charge in [0.25, 0.3) is 0 Å². The number of aromatic amines is 1. The van der Waals surface area contributed by atoms with Crippen molar-refractivity contribution in [3.05, 3.63) is 51.7 Å². The first-order chi connectivity index (χ1) is 10.5. The van der Waals surface area contributed by atoms with Crippen LogP contribution in [-0.2, 0) is 4.79 Å². The second-order valence-corrected chi connectivity index (χ2v) is 5.71. The largest absolute Gasteiger partial charge is 0.349 e. The van der Waals surface area contributed by atoms with Crippen molar-refractivity contribution in [1.82, 2.24) is 15.5 Å². The molecule has 0 bridgehead atoms. The van der Waals surface area contributed by atoms with Crippen LogP contribution in [0, 0.1) is 17.0 Å². The number of carbonyl (C=O) groups excluding carboxylic acids is 1. The van der Waals surface area contributed by atoms with Crippen LogP contribution in [0.2, 0.25) is 0 Å². The van der Waals surface area contributed by atoms with Crippen LogP contribution in [0.4, 0.5) is 5.69 Å². The highest BCUT2D eigenvalue weighted by Crippen LogP contribution is 2.29. The van der Waals surface area contributed by atoms with E-state index in [4.69, 9.17) is 0 Å². The Morgan fingerprint density at radius 3 is 2.77 bits per heavy atom. The lowest BCUT2D eigenvalue weighted by atomic mass is 10.1. The standard InChI is InChI=1S/C14H16N4O3S/c1-9(11-6-4-3-5-7-11)15-12(19)8-22-14-13(18(20)21)10(2)16-17-14/h3-7,9H,8H2,1-2H3,(H,15,19)(H,16,17)/t9-/m1/s1. The van der Waals surface area contributed by atoms with Crippen LogP contribution >= 0.6 is 11.8 Å². The Morgan fingerprint density at radius 2 is 2.14 bits per heavy atom. The number of aryl methyl sites for hydroxylation is 1. The molecule has 1 heterocycles. The molecule has 116 valence electrons. The number of thioether (sulfide) groups is 1. The van der Waals surface area contributed by atoms with E-state index in [0.717, 1.165) is 17.3 Å². The van der Waals surface area contributed by atoms with Crippen molar-refractivity contribution in [2.24, 2.45) is 0 Å². The van der Waals surface area contributed by atoms with Crippen molar-refractivity contribution < 1.29 is 9.72 Å². The molecule has 0 saturated heterocycles. The average molecular weight is 320 g/mol. The molecule has 1 aromatic heterocycles. The van der Waals surface area contributed by atoms with E-state index in [9.17, 15) is 14.9 Å². The first kappa shape index (κ1) is 16.0. The van der Waals surface area contributed by atoms with E-state index < -0.39 is 4.92 Å². The summed E-state index contributed by atoms with van der Waals surface area (Å²) in [5.41, 5.74) is 1.31. The first-order valence-corrected chi connectivity index (χ1v) is 7.64. The van der Waals surface area contributed by atoms with Crippen molar-refractivity contribution in [3.63, 3.8) is 0 Å². The highest BCUT2D eigenvalue weighted by atomic mass is 32.2. The molecule has 0 aliphatic rings. The second kappa shape index (κ2) is 7.08. The minimum Gasteiger partial charge on any atom is -0.349 e. The third-order valence-electron chi connectivity index (χ3n) is 3.08. The zero-order valence-corrected chi connectivity index (χ0v) is 13.0. The molecule has 1 aromatic carbocycles. The normalized spacial score (nSPS) is 11.9. The van der Waals surface area contributed by atoms with Crippen LogP contribution in [-0.4, -0.2) is 26.8 Å². The minimum absolute atomic E-state index is 0.0717. The molecule has 0 saturated carbocycles. The number of benzene rings is 1. The molecular weight excluding hydrogens is 304 g/mol. The molecule has 2 N–H and O–H groups in total. The summed E-state index contributed by atoms with van der Waals surface area (Å²) >= 11 is 1.05. The highest BCUT2D eigenvalue weighted by molar-refractivity contribution is 8.00. The van der Waals surface area contributed by atoms with Crippen molar-refractivity contribution in [2.75, 3.05) is 5.75 Å². The summed E-state index contributed by atoms with van der Waals surface area (Å²) in [4.78, 5) is 22.4. The SMILES string of the molecule is Cc1[nH]nc(SCC(=O)N[C@H](C)c2ccccc2)c1[N+](=O)[O-]. The van der Waals surface area contributed by atoms with Gasteiger partial charge in [0.05, 0.1) is 16.7 Å². The molecule has 1 amide bonds. The zero-order valence-electron chi connectivity index (χ0n) is 12.2. The molecule has 0 unspecified atom stereocenters. The number of carbonyl (C=O) groups is 1. The number of hydrogen-bond donors (Lipinski definition) is 2. The third-order valence-corrected chi connectivity index (χ3v) is 4.05. The van der Waals surface area contributed by atoms with Crippen LogP contribution < -0.4 is 5.32 Å². The van der Waals surface area contributed by atoms with Crippen LogP contribution in [0.5, 0.6) is 0 Å². The van der Waals surface area contributed by atoms with Gasteiger partial charge in [-0.15, -0.1) is 0 Å². The number of nitrogens with one attached hydrogen (secondary N) is 2. The summed E-state index contributed by atoms with van der Waals surface area (Å²) in [6.45, 7) is 3.46. The van der Waals surface area contributed by atoms with Crippen molar-refractivity contribution >= 4 is 23.4 Å². The number of aromatic nitrogens is 2. The van der Waals surface area contributed by atoms with Gasteiger partial charge in [0, 0.05) is 0 Å². The molecule has 8 heteroatoms. The first-order valence-electron chi connectivity index (χ1n) is 6.65. The van der Waals surface area contributed by atoms with Crippen LogP contribution in [0.15, 0.2) is 35.4 Å². The van der Waals surface area contributed by atoms with Gasteiger partial charge in [0.2, 0.25) is 5.91 Å². The Hall–Kier alpha value is -2.35. The minimum atomic E-state index is -0.494. The van der Waals surface area contributed by atoms with E-state index in [1.807, 2.05) is 37.3 Å². The van der Waals surface area contributed by atoms with Gasteiger partial charge in [-0.25, -0.2) is 0 Å². The lowest BCUT2D eigenvalue weighted by Gasteiger charge is -2.13. The topological polar surface area (TPSA) is 101 Å². The maximum atomic E-state index is 11.9. The summed E-state index contributed by atoms with van der Waals surface area (Å²) in [5.74, 6) is -0.126. The summed E-state index contributed by atoms with van der Waals surface area (Å²) in [5, 5.41) is 20.5. The molecule has 0 fully saturated rings. The fourth-order valence-corrected chi connectivity index (χ4v) is 2.78. The molecule has 0 aliphatic carbocycles. The summed E-state index contributed by atoms with van der Waals surface area (Å²) in [7, 11) is 0. The highest BCUT2D eigenvalue weighted by Gasteiger charge is 2.22. The number of amides is 1. The molecule has 7 nitrogen and oxygen atoms in total. The fraction of sp³-hybridized carbons (Fsp3) is 0.286. The smallest absolute Gasteiger partial charge is 0.323 e. The van der Waals surface area contributed by atoms with Gasteiger partial charge in [0.15, 0.2) is 5.03 Å². The molecule has 1 atom stereocenters. The Bertz CT molecular complexity index is 672. The Labute approximate surface area is 131 Å². The van der Waals surface area contributed by atoms with Gasteiger partial charge in [0.1, 0.15) is 5.69 Å². The van der Waals surface area contributed by atoms with Gasteiger partial charge >= 0.3 is 5.69 Å². The van der Waals surface area contributed by atoms with E-state index in [-0.39, 0.29) is 28.4 Å². The Kier molecular flexibility index (Phi) is 5.16. The number of nitro groups is 1. The maximum Gasteiger partial charge on any atom is 0.323 e. The van der Waals surface area contributed by atoms with E-state index in [2.05, 4.69) is 15.5 Å². The summed E-state index contributed by atoms with van der Waals surface area (Å²) < 4.78 is 0. The van der Waals surface area contributed by atoms with E-state index >= 15 is 0 Å². The van der Waals surface area contributed by atoms with E-state index in [1.54, 1.807) is 6.92 Å². The van der Waals surface area contributed by atoms with Gasteiger partial charge in [-0.2, -0.15) is 5.10 Å². The third kappa shape index (κ3) is 3.85. The van der Waals surface area contributed by atoms with E-state index in [1.165, 1.54) is 0 Å². The number of rotatable bonds is 6. The Morgan fingerprint density at radius 1 is 1.45 bits per heavy atom. The molecule has 0 spiro atoms. The van der Waals surface area contributed by atoms with Crippen LogP contribution in [0.1, 0.15) is 24.2 Å². The molecule has 2 rings (SSSR count). The molecule has 0 radical (unpaired) electrons. The summed E-state index contributed by atoms with van der Waals surface area (Å²) in [6.07, 6.45) is 0. The van der Waals surface area contributed by atoms with Gasteiger partial charge in [-0.1, -0.05) is 42.1 Å². The molecule has 2 aromatic rings. The zero-order chi connectivity index (χ0) is 16.1. The second-order valence-electron chi connectivity index (χ2n) is 4.75. The monoisotopic (exact) mass is 320 g/mol. The quantitative estimate of drug-likeness (QED) is 0.484. The number of nitrogens with zero attached hydrogens (tertiary/aromatic N) is 2. The molecule has 0 aliphatic heterocycles. The van der Waals surface area contributed by atoms with Gasteiger partial charge in [-0.05, 0) is 19.4 Å². The van der Waals surface area contributed by atoms with Crippen molar-refractivity contribution in [1.29, 1.82) is 0 Å². The number of H-pyrrole nitrogens is 1. The molecule has 22 heavy (non-hydrogen) atoms. The van der Waals surface area contributed by atoms with Crippen LogP contribution in [0.3, 0.4) is 0 Å². The average Bonchev–Trinajstić information content (AvgIpc) is 2.87. The molecular formula is C14H16N4O3S. The lowest BCUT2D eigenvalue weighted by molar-refractivity contribution is -0.388. The number of hydrogen-bond acceptors (Lipinski definition) is 5. The van der Waals surface area contributed by atoms with Gasteiger partial charge < -0.3 is 5.32 Å². The Balaban J connectivity index is 1.92.